The van der Waals surface area contributed by atoms with Crippen molar-refractivity contribution in [3.05, 3.63) is 64.2 Å². The summed E-state index contributed by atoms with van der Waals surface area (Å²) >= 11 is 6.32. The Labute approximate surface area is 168 Å². The van der Waals surface area contributed by atoms with Crippen LogP contribution in [0.25, 0.3) is 0 Å². The molecular weight excluding hydrogens is 386 g/mol. The molecule has 0 heterocycles. The zero-order chi connectivity index (χ0) is 20.3. The predicted octanol–water partition coefficient (Wildman–Crippen LogP) is 4.81. The zero-order valence-electron chi connectivity index (χ0n) is 15.7. The van der Waals surface area contributed by atoms with Crippen molar-refractivity contribution in [1.29, 1.82) is 0 Å². The molecule has 6 heteroatoms. The molecule has 0 aromatic heterocycles. The lowest BCUT2D eigenvalue weighted by molar-refractivity contribution is -0.142. The monoisotopic (exact) mass is 410 g/mol. The Hall–Kier alpha value is -1.69. The number of aliphatic hydroxyl groups is 2. The first kappa shape index (κ1) is 21.0. The maximum Gasteiger partial charge on any atom is 0.260 e. The van der Waals surface area contributed by atoms with Gasteiger partial charge in [0, 0.05) is 10.9 Å². The van der Waals surface area contributed by atoms with E-state index in [2.05, 4.69) is 0 Å². The van der Waals surface area contributed by atoms with Crippen molar-refractivity contribution in [3.63, 3.8) is 0 Å². The van der Waals surface area contributed by atoms with Crippen LogP contribution in [0.5, 0.6) is 5.75 Å². The summed E-state index contributed by atoms with van der Waals surface area (Å²) in [6.45, 7) is 1.86. The fraction of sp³-hybridized carbons (Fsp3) is 0.455. The maximum absolute atomic E-state index is 14.9. The van der Waals surface area contributed by atoms with E-state index in [-0.39, 0.29) is 12.8 Å². The third kappa shape index (κ3) is 4.48. The minimum atomic E-state index is -3.09. The van der Waals surface area contributed by atoms with Gasteiger partial charge in [0.15, 0.2) is 0 Å². The molecule has 0 radical (unpaired) electrons. The molecule has 2 aromatic rings. The van der Waals surface area contributed by atoms with E-state index in [1.54, 1.807) is 18.2 Å². The molecule has 0 spiro atoms. The van der Waals surface area contributed by atoms with Gasteiger partial charge in [0.05, 0.1) is 25.2 Å². The normalized spacial score (nSPS) is 24.1. The van der Waals surface area contributed by atoms with Crippen LogP contribution in [0.4, 0.5) is 8.78 Å². The van der Waals surface area contributed by atoms with E-state index < -0.39 is 30.5 Å². The summed E-state index contributed by atoms with van der Waals surface area (Å²) in [5, 5.41) is 19.9. The second-order valence-electron chi connectivity index (χ2n) is 7.34. The van der Waals surface area contributed by atoms with Crippen molar-refractivity contribution in [1.82, 2.24) is 0 Å². The Morgan fingerprint density at radius 3 is 2.50 bits per heavy atom. The number of hydrogen-bond donors (Lipinski definition) is 2. The van der Waals surface area contributed by atoms with Crippen molar-refractivity contribution < 1.29 is 23.7 Å². The summed E-state index contributed by atoms with van der Waals surface area (Å²) in [5.74, 6) is -4.70. The minimum Gasteiger partial charge on any atom is -0.494 e. The van der Waals surface area contributed by atoms with Gasteiger partial charge in [-0.1, -0.05) is 35.9 Å². The van der Waals surface area contributed by atoms with E-state index >= 15 is 0 Å². The highest BCUT2D eigenvalue weighted by molar-refractivity contribution is 6.31. The molecule has 3 rings (SSSR count). The van der Waals surface area contributed by atoms with Crippen LogP contribution in [0.15, 0.2) is 42.5 Å². The SMILES string of the molecule is CCOc1ccc(Cc2cc([C@H]3C[C@@H](O)CC(CO)C3(F)F)ccc2Cl)cc1. The van der Waals surface area contributed by atoms with E-state index in [4.69, 9.17) is 16.3 Å². The molecule has 2 aromatic carbocycles. The summed E-state index contributed by atoms with van der Waals surface area (Å²) in [5.41, 5.74) is 2.18. The molecule has 1 fully saturated rings. The molecule has 0 bridgehead atoms. The van der Waals surface area contributed by atoms with Gasteiger partial charge in [0.2, 0.25) is 0 Å². The van der Waals surface area contributed by atoms with Crippen LogP contribution in [0.1, 0.15) is 42.4 Å². The fourth-order valence-electron chi connectivity index (χ4n) is 3.89. The van der Waals surface area contributed by atoms with Gasteiger partial charge in [-0.3, -0.25) is 0 Å². The Bertz CT molecular complexity index is 795. The highest BCUT2D eigenvalue weighted by Gasteiger charge is 2.52. The number of ether oxygens (including phenoxy) is 1. The first-order valence-corrected chi connectivity index (χ1v) is 9.89. The minimum absolute atomic E-state index is 0.0341. The van der Waals surface area contributed by atoms with Gasteiger partial charge in [-0.05, 0) is 61.1 Å². The molecule has 0 saturated heterocycles. The number of rotatable bonds is 6. The Balaban J connectivity index is 1.86. The lowest BCUT2D eigenvalue weighted by atomic mass is 9.73. The van der Waals surface area contributed by atoms with Crippen molar-refractivity contribution in [3.8, 4) is 5.75 Å². The number of benzene rings is 2. The first-order valence-electron chi connectivity index (χ1n) is 9.52. The van der Waals surface area contributed by atoms with Gasteiger partial charge < -0.3 is 14.9 Å². The third-order valence-electron chi connectivity index (χ3n) is 5.39. The van der Waals surface area contributed by atoms with E-state index in [9.17, 15) is 19.0 Å². The molecule has 1 aliphatic rings. The van der Waals surface area contributed by atoms with Crippen molar-refractivity contribution >= 4 is 11.6 Å². The quantitative estimate of drug-likeness (QED) is 0.718. The standard InChI is InChI=1S/C22H25ClF2O3/c1-2-28-19-6-3-14(4-7-19)9-16-10-15(5-8-21(16)23)20-12-18(27)11-17(13-26)22(20,24)25/h3-8,10,17-18,20,26-27H,2,9,11-13H2,1H3/t17?,18-,20+/m0/s1. The summed E-state index contributed by atoms with van der Waals surface area (Å²) in [6, 6.07) is 12.5. The Morgan fingerprint density at radius 2 is 1.86 bits per heavy atom. The zero-order valence-corrected chi connectivity index (χ0v) is 16.5. The Kier molecular flexibility index (Phi) is 6.58. The van der Waals surface area contributed by atoms with E-state index in [1.165, 1.54) is 0 Å². The maximum atomic E-state index is 14.9. The van der Waals surface area contributed by atoms with Crippen LogP contribution in [0, 0.1) is 5.92 Å². The molecule has 0 aliphatic heterocycles. The molecule has 1 saturated carbocycles. The van der Waals surface area contributed by atoms with Gasteiger partial charge >= 0.3 is 0 Å². The molecule has 3 nitrogen and oxygen atoms in total. The van der Waals surface area contributed by atoms with Crippen LogP contribution >= 0.6 is 11.6 Å². The van der Waals surface area contributed by atoms with Gasteiger partial charge in [0.25, 0.3) is 5.92 Å². The summed E-state index contributed by atoms with van der Waals surface area (Å²) < 4.78 is 35.1. The summed E-state index contributed by atoms with van der Waals surface area (Å²) in [7, 11) is 0. The van der Waals surface area contributed by atoms with Crippen molar-refractivity contribution in [2.75, 3.05) is 13.2 Å². The predicted molar refractivity (Wildman–Crippen MR) is 105 cm³/mol. The Morgan fingerprint density at radius 1 is 1.14 bits per heavy atom. The van der Waals surface area contributed by atoms with E-state index in [0.29, 0.717) is 23.6 Å². The van der Waals surface area contributed by atoms with Gasteiger partial charge in [-0.2, -0.15) is 0 Å². The van der Waals surface area contributed by atoms with Crippen LogP contribution < -0.4 is 4.74 Å². The molecule has 3 atom stereocenters. The lowest BCUT2D eigenvalue weighted by Gasteiger charge is -2.40. The molecule has 0 amide bonds. The highest BCUT2D eigenvalue weighted by atomic mass is 35.5. The number of halogens is 3. The second-order valence-corrected chi connectivity index (χ2v) is 7.74. The third-order valence-corrected chi connectivity index (χ3v) is 5.76. The van der Waals surface area contributed by atoms with Gasteiger partial charge in [-0.15, -0.1) is 0 Å². The van der Waals surface area contributed by atoms with Crippen LogP contribution in [0.2, 0.25) is 5.02 Å². The average molecular weight is 411 g/mol. The van der Waals surface area contributed by atoms with E-state index in [1.807, 2.05) is 31.2 Å². The van der Waals surface area contributed by atoms with E-state index in [0.717, 1.165) is 16.9 Å². The summed E-state index contributed by atoms with van der Waals surface area (Å²) in [6.07, 6.45) is -0.476. The molecule has 152 valence electrons. The fourth-order valence-corrected chi connectivity index (χ4v) is 4.07. The topological polar surface area (TPSA) is 49.7 Å². The van der Waals surface area contributed by atoms with Crippen LogP contribution in [0.3, 0.4) is 0 Å². The first-order chi connectivity index (χ1) is 13.3. The lowest BCUT2D eigenvalue weighted by Crippen LogP contribution is -2.45. The van der Waals surface area contributed by atoms with Crippen molar-refractivity contribution in [2.24, 2.45) is 5.92 Å². The van der Waals surface area contributed by atoms with Crippen molar-refractivity contribution in [2.45, 2.75) is 44.1 Å². The molecule has 1 unspecified atom stereocenters. The smallest absolute Gasteiger partial charge is 0.260 e. The summed E-state index contributed by atoms with van der Waals surface area (Å²) in [4.78, 5) is 0. The number of aliphatic hydroxyl groups excluding tert-OH is 2. The molecule has 2 N–H and O–H groups in total. The molecular formula is C22H25ClF2O3. The highest BCUT2D eigenvalue weighted by Crippen LogP contribution is 2.48. The van der Waals surface area contributed by atoms with Gasteiger partial charge in [0.1, 0.15) is 5.75 Å². The van der Waals surface area contributed by atoms with Crippen LogP contribution in [-0.2, 0) is 6.42 Å². The number of alkyl halides is 2. The average Bonchev–Trinajstić information content (AvgIpc) is 2.67. The molecule has 28 heavy (non-hydrogen) atoms. The molecule has 1 aliphatic carbocycles. The largest absolute Gasteiger partial charge is 0.494 e. The van der Waals surface area contributed by atoms with Gasteiger partial charge in [-0.25, -0.2) is 8.78 Å². The van der Waals surface area contributed by atoms with Crippen LogP contribution in [-0.4, -0.2) is 35.5 Å². The number of hydrogen-bond acceptors (Lipinski definition) is 3. The second kappa shape index (κ2) is 8.76.